The highest BCUT2D eigenvalue weighted by molar-refractivity contribution is 5.81. The lowest BCUT2D eigenvalue weighted by Crippen LogP contribution is -2.31. The van der Waals surface area contributed by atoms with Crippen molar-refractivity contribution >= 4 is 17.4 Å². The van der Waals surface area contributed by atoms with Gasteiger partial charge >= 0.3 is 0 Å². The summed E-state index contributed by atoms with van der Waals surface area (Å²) in [5, 5.41) is 10.8. The molecule has 6 heteroatoms. The lowest BCUT2D eigenvalue weighted by atomic mass is 10.1. The number of fused-ring (bicyclic) bond motifs is 1. The minimum Gasteiger partial charge on any atom is -0.361 e. The van der Waals surface area contributed by atoms with E-state index in [-0.39, 0.29) is 12.5 Å². The number of nitrogens with one attached hydrogen (secondary N) is 2. The van der Waals surface area contributed by atoms with Gasteiger partial charge in [-0.2, -0.15) is 9.61 Å². The summed E-state index contributed by atoms with van der Waals surface area (Å²) in [6.45, 7) is 4.21. The Bertz CT molecular complexity index is 928. The number of rotatable bonds is 5. The predicted octanol–water partition coefficient (Wildman–Crippen LogP) is 2.70. The number of amides is 1. The molecule has 2 N–H and O–H groups in total. The summed E-state index contributed by atoms with van der Waals surface area (Å²) in [4.78, 5) is 16.8. The molecule has 1 aliphatic carbocycles. The van der Waals surface area contributed by atoms with E-state index in [1.807, 2.05) is 50.2 Å². The highest BCUT2D eigenvalue weighted by Crippen LogP contribution is 2.24. The number of hydrogen-bond acceptors (Lipinski definition) is 4. The number of benzene rings is 1. The van der Waals surface area contributed by atoms with Crippen LogP contribution in [0, 0.1) is 13.8 Å². The Morgan fingerprint density at radius 3 is 2.72 bits per heavy atom. The fourth-order valence-electron chi connectivity index (χ4n) is 2.79. The molecule has 0 spiro atoms. The third-order valence-electron chi connectivity index (χ3n) is 4.50. The van der Waals surface area contributed by atoms with Crippen LogP contribution < -0.4 is 10.6 Å². The maximum Gasteiger partial charge on any atom is 0.239 e. The van der Waals surface area contributed by atoms with E-state index in [0.717, 1.165) is 46.8 Å². The molecule has 1 saturated carbocycles. The SMILES string of the molecule is Cc1nn2c(NCC(=O)NC3CC3)cc(-c3ccccc3)nc2c1C. The fourth-order valence-corrected chi connectivity index (χ4v) is 2.79. The van der Waals surface area contributed by atoms with E-state index in [4.69, 9.17) is 4.98 Å². The van der Waals surface area contributed by atoms with Gasteiger partial charge in [-0.25, -0.2) is 4.98 Å². The topological polar surface area (TPSA) is 71.3 Å². The average molecular weight is 335 g/mol. The third-order valence-corrected chi connectivity index (χ3v) is 4.50. The highest BCUT2D eigenvalue weighted by Gasteiger charge is 2.23. The molecule has 1 aromatic carbocycles. The van der Waals surface area contributed by atoms with Crippen LogP contribution in [-0.4, -0.2) is 33.1 Å². The molecular weight excluding hydrogens is 314 g/mol. The van der Waals surface area contributed by atoms with Gasteiger partial charge in [0.2, 0.25) is 5.91 Å². The molecule has 6 nitrogen and oxygen atoms in total. The van der Waals surface area contributed by atoms with E-state index < -0.39 is 0 Å². The molecule has 0 atom stereocenters. The second-order valence-electron chi connectivity index (χ2n) is 6.53. The zero-order valence-electron chi connectivity index (χ0n) is 14.4. The lowest BCUT2D eigenvalue weighted by Gasteiger charge is -2.11. The fraction of sp³-hybridized carbons (Fsp3) is 0.316. The summed E-state index contributed by atoms with van der Waals surface area (Å²) in [7, 11) is 0. The minimum absolute atomic E-state index is 0.00863. The Morgan fingerprint density at radius 1 is 1.24 bits per heavy atom. The van der Waals surface area contributed by atoms with E-state index in [0.29, 0.717) is 6.04 Å². The third kappa shape index (κ3) is 3.20. The van der Waals surface area contributed by atoms with E-state index >= 15 is 0 Å². The number of anilines is 1. The number of carbonyl (C=O) groups excluding carboxylic acids is 1. The Balaban J connectivity index is 1.70. The van der Waals surface area contributed by atoms with Gasteiger partial charge in [0.1, 0.15) is 5.82 Å². The van der Waals surface area contributed by atoms with Crippen LogP contribution in [0.4, 0.5) is 5.82 Å². The van der Waals surface area contributed by atoms with Gasteiger partial charge in [-0.15, -0.1) is 0 Å². The van der Waals surface area contributed by atoms with Crippen molar-refractivity contribution in [3.05, 3.63) is 47.7 Å². The summed E-state index contributed by atoms with van der Waals surface area (Å²) < 4.78 is 1.78. The number of aromatic nitrogens is 3. The van der Waals surface area contributed by atoms with Gasteiger partial charge in [-0.05, 0) is 26.7 Å². The van der Waals surface area contributed by atoms with Gasteiger partial charge in [-0.3, -0.25) is 4.79 Å². The standard InChI is InChI=1S/C19H21N5O/c1-12-13(2)23-24-17(20-11-18(25)21-15-8-9-15)10-16(22-19(12)24)14-6-4-3-5-7-14/h3-7,10,15,20H,8-9,11H2,1-2H3,(H,21,25). The molecule has 128 valence electrons. The van der Waals surface area contributed by atoms with Crippen molar-refractivity contribution in [2.75, 3.05) is 11.9 Å². The molecule has 1 fully saturated rings. The molecule has 0 radical (unpaired) electrons. The summed E-state index contributed by atoms with van der Waals surface area (Å²) in [6.07, 6.45) is 2.17. The van der Waals surface area contributed by atoms with Gasteiger partial charge in [0, 0.05) is 23.2 Å². The van der Waals surface area contributed by atoms with Gasteiger partial charge in [0.05, 0.1) is 17.9 Å². The maximum atomic E-state index is 12.0. The summed E-state index contributed by atoms with van der Waals surface area (Å²) >= 11 is 0. The monoisotopic (exact) mass is 335 g/mol. The lowest BCUT2D eigenvalue weighted by molar-refractivity contribution is -0.119. The highest BCUT2D eigenvalue weighted by atomic mass is 16.2. The molecule has 0 unspecified atom stereocenters. The zero-order chi connectivity index (χ0) is 17.4. The normalized spacial score (nSPS) is 13.8. The summed E-state index contributed by atoms with van der Waals surface area (Å²) in [6, 6.07) is 12.3. The second-order valence-corrected chi connectivity index (χ2v) is 6.53. The van der Waals surface area contributed by atoms with Crippen LogP contribution in [0.15, 0.2) is 36.4 Å². The molecule has 0 saturated heterocycles. The molecule has 0 bridgehead atoms. The van der Waals surface area contributed by atoms with Crippen molar-refractivity contribution in [1.29, 1.82) is 0 Å². The Hall–Kier alpha value is -2.89. The van der Waals surface area contributed by atoms with Crippen molar-refractivity contribution in [2.24, 2.45) is 0 Å². The molecule has 2 heterocycles. The van der Waals surface area contributed by atoms with Gasteiger partial charge in [0.15, 0.2) is 5.65 Å². The van der Waals surface area contributed by atoms with Crippen molar-refractivity contribution in [3.8, 4) is 11.3 Å². The van der Waals surface area contributed by atoms with Gasteiger partial charge < -0.3 is 10.6 Å². The Kier molecular flexibility index (Phi) is 3.87. The molecule has 1 amide bonds. The number of carbonyl (C=O) groups is 1. The van der Waals surface area contributed by atoms with Crippen LogP contribution >= 0.6 is 0 Å². The number of hydrogen-bond donors (Lipinski definition) is 2. The largest absolute Gasteiger partial charge is 0.361 e. The zero-order valence-corrected chi connectivity index (χ0v) is 14.4. The molecular formula is C19H21N5O. The second kappa shape index (κ2) is 6.20. The van der Waals surface area contributed by atoms with Crippen molar-refractivity contribution in [1.82, 2.24) is 19.9 Å². The van der Waals surface area contributed by atoms with Crippen LogP contribution in [-0.2, 0) is 4.79 Å². The predicted molar refractivity (Wildman–Crippen MR) is 97.6 cm³/mol. The first-order valence-electron chi connectivity index (χ1n) is 8.57. The van der Waals surface area contributed by atoms with Crippen LogP contribution in [0.25, 0.3) is 16.9 Å². The minimum atomic E-state index is 0.00863. The van der Waals surface area contributed by atoms with Crippen LogP contribution in [0.1, 0.15) is 24.1 Å². The number of nitrogens with zero attached hydrogens (tertiary/aromatic N) is 3. The molecule has 4 rings (SSSR count). The van der Waals surface area contributed by atoms with Crippen molar-refractivity contribution < 1.29 is 4.79 Å². The van der Waals surface area contributed by atoms with E-state index in [9.17, 15) is 4.79 Å². The maximum absolute atomic E-state index is 12.0. The molecule has 0 aliphatic heterocycles. The van der Waals surface area contributed by atoms with Gasteiger partial charge in [0.25, 0.3) is 0 Å². The Morgan fingerprint density at radius 2 is 2.00 bits per heavy atom. The molecule has 25 heavy (non-hydrogen) atoms. The summed E-state index contributed by atoms with van der Waals surface area (Å²) in [5.41, 5.74) is 4.69. The first-order chi connectivity index (χ1) is 12.1. The quantitative estimate of drug-likeness (QED) is 0.752. The number of aryl methyl sites for hydroxylation is 2. The van der Waals surface area contributed by atoms with Crippen LogP contribution in [0.3, 0.4) is 0 Å². The molecule has 3 aromatic rings. The molecule has 2 aromatic heterocycles. The van der Waals surface area contributed by atoms with Crippen LogP contribution in [0.5, 0.6) is 0 Å². The first kappa shape index (κ1) is 15.6. The smallest absolute Gasteiger partial charge is 0.239 e. The molecule has 1 aliphatic rings. The first-order valence-corrected chi connectivity index (χ1v) is 8.57. The Labute approximate surface area is 146 Å². The van der Waals surface area contributed by atoms with Gasteiger partial charge in [-0.1, -0.05) is 30.3 Å². The summed E-state index contributed by atoms with van der Waals surface area (Å²) in [5.74, 6) is 0.778. The average Bonchev–Trinajstić information content (AvgIpc) is 3.39. The van der Waals surface area contributed by atoms with E-state index in [2.05, 4.69) is 15.7 Å². The van der Waals surface area contributed by atoms with E-state index in [1.54, 1.807) is 4.52 Å². The van der Waals surface area contributed by atoms with E-state index in [1.165, 1.54) is 0 Å². The van der Waals surface area contributed by atoms with Crippen molar-refractivity contribution in [2.45, 2.75) is 32.7 Å². The van der Waals surface area contributed by atoms with Crippen LogP contribution in [0.2, 0.25) is 0 Å². The van der Waals surface area contributed by atoms with Crippen molar-refractivity contribution in [3.63, 3.8) is 0 Å².